The van der Waals surface area contributed by atoms with Gasteiger partial charge in [-0.1, -0.05) is 41.4 Å². The first-order chi connectivity index (χ1) is 23.6. The molecule has 4 aromatic carbocycles. The van der Waals surface area contributed by atoms with Gasteiger partial charge in [0.25, 0.3) is 11.8 Å². The molecular formula is C38H32Cl2F2N4O3. The molecule has 4 heterocycles. The Morgan fingerprint density at radius 1 is 0.673 bits per heavy atom. The van der Waals surface area contributed by atoms with Crippen molar-refractivity contribution in [1.29, 1.82) is 0 Å². The summed E-state index contributed by atoms with van der Waals surface area (Å²) in [7, 11) is 1.65. The van der Waals surface area contributed by atoms with Crippen molar-refractivity contribution in [1.82, 2.24) is 19.8 Å². The van der Waals surface area contributed by atoms with Crippen molar-refractivity contribution in [2.75, 3.05) is 20.2 Å². The summed E-state index contributed by atoms with van der Waals surface area (Å²) in [5.41, 5.74) is 8.31. The monoisotopic (exact) mass is 700 g/mol. The summed E-state index contributed by atoms with van der Waals surface area (Å²) in [6, 6.07) is 19.1. The second-order valence-corrected chi connectivity index (χ2v) is 13.0. The Morgan fingerprint density at radius 2 is 1.20 bits per heavy atom. The van der Waals surface area contributed by atoms with Crippen molar-refractivity contribution in [2.24, 2.45) is 0 Å². The summed E-state index contributed by atoms with van der Waals surface area (Å²) in [4.78, 5) is 24.8. The topological polar surface area (TPSA) is 77.3 Å². The second-order valence-electron chi connectivity index (χ2n) is 12.2. The number of fused-ring (bicyclic) bond motifs is 6. The number of benzene rings is 4. The molecule has 49 heavy (non-hydrogen) atoms. The molecule has 2 aromatic heterocycles. The number of amides is 2. The average Bonchev–Trinajstić information content (AvgIpc) is 3.44. The van der Waals surface area contributed by atoms with Gasteiger partial charge in [0.15, 0.2) is 11.6 Å². The normalized spacial score (nSPS) is 14.0. The summed E-state index contributed by atoms with van der Waals surface area (Å²) < 4.78 is 36.4. The predicted octanol–water partition coefficient (Wildman–Crippen LogP) is 8.70. The number of aryl methyl sites for hydroxylation is 3. The standard InChI is InChI=1S/C19H15ClF2N2O.C19H17ClN2O2/c1-10-13-8-12(20)9-14(11-3-4-15(21)16(22)7-11)18(13)24-6-2-5-23-19(25)17(10)24;1-11-15-9-13(20)10-16(12-3-5-14(24-2)6-4-12)18(15)22-8-7-21-19(23)17(11)22/h3-4,7-9H,2,5-6H2,1H3,(H,23,25);3-6,9-10H,7-8H2,1-2H3,(H,21,23). The van der Waals surface area contributed by atoms with Crippen molar-refractivity contribution in [3.8, 4) is 28.0 Å². The minimum Gasteiger partial charge on any atom is -0.497 e. The highest BCUT2D eigenvalue weighted by Crippen LogP contribution is 2.39. The molecular weight excluding hydrogens is 669 g/mol. The number of aromatic nitrogens is 2. The van der Waals surface area contributed by atoms with E-state index >= 15 is 0 Å². The third-order valence-electron chi connectivity index (χ3n) is 9.27. The number of halogens is 4. The Labute approximate surface area is 291 Å². The van der Waals surface area contributed by atoms with Crippen LogP contribution in [0.4, 0.5) is 8.78 Å². The molecule has 7 nitrogen and oxygen atoms in total. The summed E-state index contributed by atoms with van der Waals surface area (Å²) >= 11 is 12.6. The predicted molar refractivity (Wildman–Crippen MR) is 190 cm³/mol. The zero-order chi connectivity index (χ0) is 34.6. The van der Waals surface area contributed by atoms with Gasteiger partial charge in [0, 0.05) is 58.1 Å². The number of hydrogen-bond acceptors (Lipinski definition) is 3. The Hall–Kier alpha value is -4.86. The van der Waals surface area contributed by atoms with E-state index in [0.29, 0.717) is 46.5 Å². The molecule has 2 aliphatic rings. The van der Waals surface area contributed by atoms with Gasteiger partial charge >= 0.3 is 0 Å². The highest BCUT2D eigenvalue weighted by atomic mass is 35.5. The van der Waals surface area contributed by atoms with Gasteiger partial charge in [0.05, 0.1) is 18.1 Å². The van der Waals surface area contributed by atoms with Crippen LogP contribution in [0.15, 0.2) is 66.7 Å². The van der Waals surface area contributed by atoms with Crippen LogP contribution in [-0.2, 0) is 13.1 Å². The highest BCUT2D eigenvalue weighted by molar-refractivity contribution is 6.32. The quantitative estimate of drug-likeness (QED) is 0.194. The lowest BCUT2D eigenvalue weighted by molar-refractivity contribution is 0.0925. The number of hydrogen-bond donors (Lipinski definition) is 2. The molecule has 0 saturated heterocycles. The average molecular weight is 702 g/mol. The van der Waals surface area contributed by atoms with Gasteiger partial charge in [-0.05, 0) is 91.1 Å². The maximum atomic E-state index is 13.8. The van der Waals surface area contributed by atoms with Crippen molar-refractivity contribution < 1.29 is 23.1 Å². The molecule has 250 valence electrons. The maximum absolute atomic E-state index is 13.8. The largest absolute Gasteiger partial charge is 0.497 e. The van der Waals surface area contributed by atoms with Crippen LogP contribution in [-0.4, -0.2) is 41.1 Å². The first-order valence-corrected chi connectivity index (χ1v) is 16.6. The van der Waals surface area contributed by atoms with Crippen molar-refractivity contribution in [3.05, 3.63) is 111 Å². The Kier molecular flexibility index (Phi) is 8.58. The van der Waals surface area contributed by atoms with E-state index in [2.05, 4.69) is 15.2 Å². The number of ether oxygens (including phenoxy) is 1. The van der Waals surface area contributed by atoms with E-state index in [9.17, 15) is 18.4 Å². The number of nitrogens with one attached hydrogen (secondary N) is 2. The molecule has 0 fully saturated rings. The fourth-order valence-electron chi connectivity index (χ4n) is 7.03. The Morgan fingerprint density at radius 3 is 1.78 bits per heavy atom. The van der Waals surface area contributed by atoms with E-state index in [1.165, 1.54) is 6.07 Å². The summed E-state index contributed by atoms with van der Waals surface area (Å²) in [5.74, 6) is -1.15. The Bertz CT molecular complexity index is 2310. The third kappa shape index (κ3) is 5.70. The van der Waals surface area contributed by atoms with Gasteiger partial charge in [-0.15, -0.1) is 0 Å². The number of rotatable bonds is 3. The molecule has 6 aromatic rings. The van der Waals surface area contributed by atoms with E-state index in [4.69, 9.17) is 27.9 Å². The molecule has 0 atom stereocenters. The van der Waals surface area contributed by atoms with E-state index in [0.717, 1.165) is 80.6 Å². The lowest BCUT2D eigenvalue weighted by Gasteiger charge is -2.18. The van der Waals surface area contributed by atoms with E-state index < -0.39 is 11.6 Å². The van der Waals surface area contributed by atoms with Crippen LogP contribution in [0.5, 0.6) is 5.75 Å². The highest BCUT2D eigenvalue weighted by Gasteiger charge is 2.27. The van der Waals surface area contributed by atoms with Crippen molar-refractivity contribution in [3.63, 3.8) is 0 Å². The van der Waals surface area contributed by atoms with E-state index in [-0.39, 0.29) is 11.8 Å². The van der Waals surface area contributed by atoms with Crippen LogP contribution < -0.4 is 15.4 Å². The van der Waals surface area contributed by atoms with Gasteiger partial charge in [-0.25, -0.2) is 8.78 Å². The van der Waals surface area contributed by atoms with Crippen LogP contribution in [0.25, 0.3) is 44.1 Å². The van der Waals surface area contributed by atoms with Crippen LogP contribution in [0.1, 0.15) is 38.5 Å². The molecule has 0 spiro atoms. The first-order valence-electron chi connectivity index (χ1n) is 15.9. The molecule has 2 amide bonds. The Balaban J connectivity index is 0.000000154. The SMILES string of the molecule is COc1ccc(-c2cc(Cl)cc3c(C)c4n(c23)CCNC4=O)cc1.Cc1c2n(c3c(-c4ccc(F)c(F)c4)cc(Cl)cc13)CCCNC2=O. The van der Waals surface area contributed by atoms with Gasteiger partial charge in [-0.3, -0.25) is 9.59 Å². The van der Waals surface area contributed by atoms with E-state index in [1.807, 2.05) is 60.9 Å². The van der Waals surface area contributed by atoms with Gasteiger partial charge < -0.3 is 24.5 Å². The molecule has 0 saturated carbocycles. The molecule has 0 bridgehead atoms. The summed E-state index contributed by atoms with van der Waals surface area (Å²) in [6.07, 6.45) is 0.793. The zero-order valence-electron chi connectivity index (χ0n) is 27.0. The molecule has 0 radical (unpaired) electrons. The number of nitrogens with zero attached hydrogens (tertiary/aromatic N) is 2. The minimum atomic E-state index is -0.914. The zero-order valence-corrected chi connectivity index (χ0v) is 28.5. The molecule has 0 unspecified atom stereocenters. The second kappa shape index (κ2) is 12.9. The fraction of sp³-hybridized carbons (Fsp3) is 0.211. The third-order valence-corrected chi connectivity index (χ3v) is 9.71. The number of methoxy groups -OCH3 is 1. The van der Waals surface area contributed by atoms with Gasteiger partial charge in [-0.2, -0.15) is 0 Å². The van der Waals surface area contributed by atoms with Crippen LogP contribution in [0.3, 0.4) is 0 Å². The minimum absolute atomic E-state index is 0.0215. The lowest BCUT2D eigenvalue weighted by Crippen LogP contribution is -2.35. The van der Waals surface area contributed by atoms with E-state index in [1.54, 1.807) is 13.2 Å². The number of carbonyl (C=O) groups is 2. The maximum Gasteiger partial charge on any atom is 0.268 e. The van der Waals surface area contributed by atoms with Crippen LogP contribution >= 0.6 is 23.2 Å². The van der Waals surface area contributed by atoms with Gasteiger partial charge in [0.2, 0.25) is 0 Å². The smallest absolute Gasteiger partial charge is 0.268 e. The fourth-order valence-corrected chi connectivity index (χ4v) is 7.47. The van der Waals surface area contributed by atoms with Gasteiger partial charge in [0.1, 0.15) is 17.1 Å². The van der Waals surface area contributed by atoms with Crippen molar-refractivity contribution in [2.45, 2.75) is 33.4 Å². The molecule has 8 rings (SSSR count). The molecule has 11 heteroatoms. The molecule has 2 aliphatic heterocycles. The lowest BCUT2D eigenvalue weighted by atomic mass is 10.0. The number of carbonyl (C=O) groups excluding carboxylic acids is 2. The molecule has 0 aliphatic carbocycles. The first kappa shape index (κ1) is 32.7. The van der Waals surface area contributed by atoms with Crippen molar-refractivity contribution >= 4 is 56.8 Å². The van der Waals surface area contributed by atoms with Crippen LogP contribution in [0.2, 0.25) is 10.0 Å². The summed E-state index contributed by atoms with van der Waals surface area (Å²) in [6.45, 7) is 6.53. The summed E-state index contributed by atoms with van der Waals surface area (Å²) in [5, 5.41) is 8.83. The van der Waals surface area contributed by atoms with Crippen LogP contribution in [0, 0.1) is 25.5 Å². The molecule has 2 N–H and O–H groups in total.